The highest BCUT2D eigenvalue weighted by Gasteiger charge is 2.10. The molecule has 2 aromatic heterocycles. The molecule has 2 heterocycles. The van der Waals surface area contributed by atoms with Gasteiger partial charge in [-0.3, -0.25) is 4.79 Å². The Labute approximate surface area is 100 Å². The first-order valence-electron chi connectivity index (χ1n) is 4.71. The predicted molar refractivity (Wildman–Crippen MR) is 63.2 cm³/mol. The smallest absolute Gasteiger partial charge is 0.352 e. The summed E-state index contributed by atoms with van der Waals surface area (Å²) < 4.78 is 0. The number of nitrogens with one attached hydrogen (secondary N) is 2. The summed E-state index contributed by atoms with van der Waals surface area (Å²) in [5, 5.41) is 13.6. The molecule has 17 heavy (non-hydrogen) atoms. The molecule has 0 aromatic carbocycles. The molecule has 2 aromatic rings. The maximum absolute atomic E-state index is 10.8. The number of H-pyrrole nitrogens is 1. The number of carbonyl (C=O) groups excluding carboxylic acids is 1. The summed E-state index contributed by atoms with van der Waals surface area (Å²) >= 11 is 1.29. The van der Waals surface area contributed by atoms with Crippen molar-refractivity contribution in [2.24, 2.45) is 0 Å². The van der Waals surface area contributed by atoms with Crippen molar-refractivity contribution in [1.29, 1.82) is 0 Å². The third-order valence-electron chi connectivity index (χ3n) is 2.00. The predicted octanol–water partition coefficient (Wildman–Crippen LogP) is 1.79. The summed E-state index contributed by atoms with van der Waals surface area (Å²) in [5.41, 5.74) is 1.41. The minimum atomic E-state index is -1.02. The SMILES string of the molecule is CC(=O)Nc1nc(-c2c[nH]c(C(=O)O)c2)cs1. The van der Waals surface area contributed by atoms with Crippen LogP contribution in [0.5, 0.6) is 0 Å². The number of thiazole rings is 1. The van der Waals surface area contributed by atoms with Crippen molar-refractivity contribution in [2.75, 3.05) is 5.32 Å². The van der Waals surface area contributed by atoms with Crippen LogP contribution in [0.2, 0.25) is 0 Å². The van der Waals surface area contributed by atoms with Gasteiger partial charge in [0.2, 0.25) is 5.91 Å². The van der Waals surface area contributed by atoms with Crippen LogP contribution in [0.3, 0.4) is 0 Å². The molecule has 0 saturated carbocycles. The van der Waals surface area contributed by atoms with Gasteiger partial charge < -0.3 is 15.4 Å². The molecule has 2 rings (SSSR count). The van der Waals surface area contributed by atoms with Gasteiger partial charge in [-0.25, -0.2) is 9.78 Å². The van der Waals surface area contributed by atoms with E-state index in [0.29, 0.717) is 16.4 Å². The van der Waals surface area contributed by atoms with Crippen LogP contribution in [0.1, 0.15) is 17.4 Å². The molecule has 0 aliphatic heterocycles. The summed E-state index contributed by atoms with van der Waals surface area (Å²) in [6.07, 6.45) is 1.57. The van der Waals surface area contributed by atoms with E-state index in [0.717, 1.165) is 0 Å². The van der Waals surface area contributed by atoms with Crippen LogP contribution >= 0.6 is 11.3 Å². The second-order valence-corrected chi connectivity index (χ2v) is 4.18. The second-order valence-electron chi connectivity index (χ2n) is 3.33. The van der Waals surface area contributed by atoms with Gasteiger partial charge in [-0.15, -0.1) is 11.3 Å². The second kappa shape index (κ2) is 4.38. The van der Waals surface area contributed by atoms with Crippen molar-refractivity contribution >= 4 is 28.3 Å². The van der Waals surface area contributed by atoms with E-state index in [-0.39, 0.29) is 11.6 Å². The number of aromatic amines is 1. The van der Waals surface area contributed by atoms with E-state index in [4.69, 9.17) is 5.11 Å². The van der Waals surface area contributed by atoms with Crippen molar-refractivity contribution in [1.82, 2.24) is 9.97 Å². The van der Waals surface area contributed by atoms with E-state index < -0.39 is 5.97 Å². The summed E-state index contributed by atoms with van der Waals surface area (Å²) in [5.74, 6) is -1.21. The maximum atomic E-state index is 10.8. The number of hydrogen-bond donors (Lipinski definition) is 3. The Kier molecular flexibility index (Phi) is 2.92. The van der Waals surface area contributed by atoms with Crippen molar-refractivity contribution in [3.63, 3.8) is 0 Å². The number of carbonyl (C=O) groups is 2. The minimum absolute atomic E-state index is 0.106. The molecule has 88 valence electrons. The zero-order valence-electron chi connectivity index (χ0n) is 8.85. The van der Waals surface area contributed by atoms with Crippen LogP contribution in [0.4, 0.5) is 5.13 Å². The number of aromatic nitrogens is 2. The molecule has 0 bridgehead atoms. The molecule has 0 saturated heterocycles. The molecule has 1 amide bonds. The number of rotatable bonds is 3. The molecule has 0 fully saturated rings. The largest absolute Gasteiger partial charge is 0.477 e. The highest BCUT2D eigenvalue weighted by atomic mass is 32.1. The fourth-order valence-corrected chi connectivity index (χ4v) is 2.05. The maximum Gasteiger partial charge on any atom is 0.352 e. The lowest BCUT2D eigenvalue weighted by atomic mass is 10.2. The van der Waals surface area contributed by atoms with Crippen LogP contribution in [-0.4, -0.2) is 27.0 Å². The Balaban J connectivity index is 2.24. The van der Waals surface area contributed by atoms with Crippen LogP contribution in [-0.2, 0) is 4.79 Å². The normalized spacial score (nSPS) is 10.2. The topological polar surface area (TPSA) is 95.1 Å². The lowest BCUT2D eigenvalue weighted by Gasteiger charge is -1.93. The Morgan fingerprint density at radius 1 is 1.53 bits per heavy atom. The van der Waals surface area contributed by atoms with Crippen LogP contribution in [0.25, 0.3) is 11.3 Å². The molecule has 3 N–H and O–H groups in total. The zero-order chi connectivity index (χ0) is 12.4. The summed E-state index contributed by atoms with van der Waals surface area (Å²) in [6, 6.07) is 1.49. The van der Waals surface area contributed by atoms with Gasteiger partial charge in [0, 0.05) is 24.1 Å². The van der Waals surface area contributed by atoms with Gasteiger partial charge in [-0.05, 0) is 6.07 Å². The fourth-order valence-electron chi connectivity index (χ4n) is 1.28. The first-order chi connectivity index (χ1) is 8.06. The van der Waals surface area contributed by atoms with Crippen molar-refractivity contribution in [3.8, 4) is 11.3 Å². The fraction of sp³-hybridized carbons (Fsp3) is 0.100. The molecule has 0 unspecified atom stereocenters. The minimum Gasteiger partial charge on any atom is -0.477 e. The third kappa shape index (κ3) is 2.51. The molecule has 6 nitrogen and oxygen atoms in total. The van der Waals surface area contributed by atoms with Gasteiger partial charge in [0.1, 0.15) is 5.69 Å². The molecule has 0 aliphatic carbocycles. The molecular weight excluding hydrogens is 242 g/mol. The van der Waals surface area contributed by atoms with Gasteiger partial charge in [-0.1, -0.05) is 0 Å². The summed E-state index contributed by atoms with van der Waals surface area (Å²) in [7, 11) is 0. The molecule has 7 heteroatoms. The first kappa shape index (κ1) is 11.3. The number of carboxylic acid groups (broad SMARTS) is 1. The molecule has 0 spiro atoms. The lowest BCUT2D eigenvalue weighted by molar-refractivity contribution is -0.114. The molecule has 0 radical (unpaired) electrons. The van der Waals surface area contributed by atoms with E-state index >= 15 is 0 Å². The van der Waals surface area contributed by atoms with Crippen molar-refractivity contribution in [2.45, 2.75) is 6.92 Å². The number of carboxylic acids is 1. The third-order valence-corrected chi connectivity index (χ3v) is 2.75. The standard InChI is InChI=1S/C10H9N3O3S/c1-5(14)12-10-13-8(4-17-10)6-2-7(9(15)16)11-3-6/h2-4,11H,1H3,(H,15,16)(H,12,13,14). The van der Waals surface area contributed by atoms with E-state index in [1.54, 1.807) is 11.6 Å². The molecule has 0 atom stereocenters. The van der Waals surface area contributed by atoms with Crippen LogP contribution in [0, 0.1) is 0 Å². The van der Waals surface area contributed by atoms with Gasteiger partial charge in [0.25, 0.3) is 0 Å². The molecular formula is C10H9N3O3S. The summed E-state index contributed by atoms with van der Waals surface area (Å²) in [6.45, 7) is 1.40. The Morgan fingerprint density at radius 2 is 2.29 bits per heavy atom. The Hall–Kier alpha value is -2.15. The molecule has 0 aliphatic rings. The number of amides is 1. The number of hydrogen-bond acceptors (Lipinski definition) is 4. The number of anilines is 1. The monoisotopic (exact) mass is 251 g/mol. The number of aromatic carboxylic acids is 1. The van der Waals surface area contributed by atoms with E-state index in [2.05, 4.69) is 15.3 Å². The van der Waals surface area contributed by atoms with E-state index in [1.165, 1.54) is 24.3 Å². The van der Waals surface area contributed by atoms with Crippen LogP contribution in [0.15, 0.2) is 17.6 Å². The van der Waals surface area contributed by atoms with E-state index in [9.17, 15) is 9.59 Å². The Morgan fingerprint density at radius 3 is 2.88 bits per heavy atom. The van der Waals surface area contributed by atoms with Crippen LogP contribution < -0.4 is 5.32 Å². The lowest BCUT2D eigenvalue weighted by Crippen LogP contribution is -2.04. The first-order valence-corrected chi connectivity index (χ1v) is 5.59. The van der Waals surface area contributed by atoms with Crippen molar-refractivity contribution < 1.29 is 14.7 Å². The van der Waals surface area contributed by atoms with Gasteiger partial charge in [-0.2, -0.15) is 0 Å². The summed E-state index contributed by atoms with van der Waals surface area (Å²) in [4.78, 5) is 28.3. The van der Waals surface area contributed by atoms with Gasteiger partial charge >= 0.3 is 5.97 Å². The van der Waals surface area contributed by atoms with Gasteiger partial charge in [0.15, 0.2) is 5.13 Å². The highest BCUT2D eigenvalue weighted by Crippen LogP contribution is 2.25. The highest BCUT2D eigenvalue weighted by molar-refractivity contribution is 7.14. The quantitative estimate of drug-likeness (QED) is 0.775. The Bertz CT molecular complexity index is 573. The average Bonchev–Trinajstić information content (AvgIpc) is 2.83. The van der Waals surface area contributed by atoms with Crippen molar-refractivity contribution in [3.05, 3.63) is 23.3 Å². The van der Waals surface area contributed by atoms with Gasteiger partial charge in [0.05, 0.1) is 5.69 Å². The zero-order valence-corrected chi connectivity index (χ0v) is 9.67. The van der Waals surface area contributed by atoms with E-state index in [1.807, 2.05) is 0 Å². The average molecular weight is 251 g/mol. The number of nitrogens with zero attached hydrogens (tertiary/aromatic N) is 1.